The third kappa shape index (κ3) is 4.58. The minimum Gasteiger partial charge on any atom is -0.756 e. The van der Waals surface area contributed by atoms with Gasteiger partial charge >= 0.3 is 5.97 Å². The number of phosphoric acid groups is 1. The standard InChI is InChI=1S/C13H18NO9P/c1-2-21-13(17)8-4-3-5-14(6-8)12-11(16)10(15)9(23-12)7-22-24(18,19)20/h3-6,9-12,15-16H,2,7H2,1H3,(H-,18,19,20)/t9-,10+,11?,12-/m1/s1. The molecule has 0 aromatic carbocycles. The normalized spacial score (nSPS) is 29.2. The summed E-state index contributed by atoms with van der Waals surface area (Å²) in [5.41, 5.74) is 0.212. The second kappa shape index (κ2) is 7.66. The van der Waals surface area contributed by atoms with E-state index in [0.29, 0.717) is 0 Å². The SMILES string of the molecule is CCOC(=O)c1ccc[n+]([C@@H]2O[C@H](COP(=O)([O-])O)[C@H](O)C2O)c1. The van der Waals surface area contributed by atoms with E-state index in [1.807, 2.05) is 0 Å². The van der Waals surface area contributed by atoms with Crippen molar-refractivity contribution in [1.29, 1.82) is 0 Å². The molecule has 0 amide bonds. The molecule has 1 fully saturated rings. The van der Waals surface area contributed by atoms with Gasteiger partial charge in [-0.3, -0.25) is 4.57 Å². The first-order valence-electron chi connectivity index (χ1n) is 7.11. The quantitative estimate of drug-likeness (QED) is 0.304. The molecule has 1 saturated heterocycles. The van der Waals surface area contributed by atoms with Gasteiger partial charge in [-0.25, -0.2) is 4.79 Å². The van der Waals surface area contributed by atoms with Crippen LogP contribution in [0.25, 0.3) is 0 Å². The van der Waals surface area contributed by atoms with Crippen LogP contribution in [0, 0.1) is 0 Å². The first kappa shape index (κ1) is 18.9. The first-order chi connectivity index (χ1) is 11.2. The molecule has 3 N–H and O–H groups in total. The number of pyridine rings is 1. The lowest BCUT2D eigenvalue weighted by Crippen LogP contribution is -2.46. The maximum atomic E-state index is 11.7. The van der Waals surface area contributed by atoms with Crippen molar-refractivity contribution in [3.8, 4) is 0 Å². The van der Waals surface area contributed by atoms with Gasteiger partial charge in [0.2, 0.25) is 0 Å². The number of esters is 1. The van der Waals surface area contributed by atoms with Crippen LogP contribution in [0.15, 0.2) is 24.5 Å². The van der Waals surface area contributed by atoms with Crippen LogP contribution in [0.2, 0.25) is 0 Å². The Hall–Kier alpha value is -1.39. The Kier molecular flexibility index (Phi) is 6.05. The number of carbonyl (C=O) groups is 1. The molecule has 0 spiro atoms. The van der Waals surface area contributed by atoms with E-state index in [1.165, 1.54) is 29.1 Å². The number of carbonyl (C=O) groups excluding carboxylic acids is 1. The van der Waals surface area contributed by atoms with Gasteiger partial charge in [0, 0.05) is 6.07 Å². The molecule has 1 aromatic heterocycles. The molecule has 2 heterocycles. The Morgan fingerprint density at radius 3 is 2.79 bits per heavy atom. The fraction of sp³-hybridized carbons (Fsp3) is 0.538. The molecule has 10 nitrogen and oxygen atoms in total. The summed E-state index contributed by atoms with van der Waals surface area (Å²) in [6, 6.07) is 3.03. The molecule has 24 heavy (non-hydrogen) atoms. The highest BCUT2D eigenvalue weighted by atomic mass is 31.2. The van der Waals surface area contributed by atoms with Gasteiger partial charge in [0.15, 0.2) is 18.5 Å². The highest BCUT2D eigenvalue weighted by Crippen LogP contribution is 2.33. The molecule has 2 rings (SSSR count). The predicted molar refractivity (Wildman–Crippen MR) is 74.3 cm³/mol. The second-order valence-electron chi connectivity index (χ2n) is 5.07. The number of nitrogens with zero attached hydrogens (tertiary/aromatic N) is 1. The lowest BCUT2D eigenvalue weighted by Gasteiger charge is -2.19. The van der Waals surface area contributed by atoms with E-state index >= 15 is 0 Å². The van der Waals surface area contributed by atoms with Crippen LogP contribution in [-0.4, -0.2) is 52.6 Å². The average Bonchev–Trinajstić information content (AvgIpc) is 2.81. The van der Waals surface area contributed by atoms with E-state index in [9.17, 15) is 24.5 Å². The van der Waals surface area contributed by atoms with Crippen LogP contribution in [0.3, 0.4) is 0 Å². The number of aromatic nitrogens is 1. The van der Waals surface area contributed by atoms with Crippen molar-refractivity contribution in [1.82, 2.24) is 0 Å². The van der Waals surface area contributed by atoms with Crippen molar-refractivity contribution >= 4 is 13.8 Å². The number of phosphoric ester groups is 1. The van der Waals surface area contributed by atoms with Crippen molar-refractivity contribution < 1.29 is 47.9 Å². The Bertz CT molecular complexity index is 634. The highest BCUT2D eigenvalue weighted by molar-refractivity contribution is 7.44. The van der Waals surface area contributed by atoms with Crippen molar-refractivity contribution in [2.75, 3.05) is 13.2 Å². The molecule has 0 radical (unpaired) electrons. The lowest BCUT2D eigenvalue weighted by atomic mass is 10.1. The lowest BCUT2D eigenvalue weighted by molar-refractivity contribution is -0.765. The van der Waals surface area contributed by atoms with E-state index < -0.39 is 44.9 Å². The fourth-order valence-corrected chi connectivity index (χ4v) is 2.60. The minimum atomic E-state index is -4.98. The van der Waals surface area contributed by atoms with Crippen molar-refractivity contribution in [2.24, 2.45) is 0 Å². The van der Waals surface area contributed by atoms with Gasteiger partial charge in [-0.15, -0.1) is 0 Å². The number of hydrogen-bond acceptors (Lipinski definition) is 8. The third-order valence-corrected chi connectivity index (χ3v) is 3.84. The van der Waals surface area contributed by atoms with Crippen LogP contribution >= 0.6 is 7.82 Å². The van der Waals surface area contributed by atoms with E-state index in [1.54, 1.807) is 6.92 Å². The molecule has 1 aliphatic rings. The fourth-order valence-electron chi connectivity index (χ4n) is 2.27. The molecule has 2 unspecified atom stereocenters. The van der Waals surface area contributed by atoms with Crippen LogP contribution in [0.4, 0.5) is 0 Å². The Morgan fingerprint density at radius 2 is 2.17 bits per heavy atom. The molecule has 11 heteroatoms. The van der Waals surface area contributed by atoms with E-state index in [0.717, 1.165) is 0 Å². The summed E-state index contributed by atoms with van der Waals surface area (Å²) >= 11 is 0. The zero-order valence-corrected chi connectivity index (χ0v) is 13.6. The van der Waals surface area contributed by atoms with Crippen molar-refractivity contribution in [3.63, 3.8) is 0 Å². The van der Waals surface area contributed by atoms with Crippen molar-refractivity contribution in [2.45, 2.75) is 31.5 Å². The minimum absolute atomic E-state index is 0.199. The topological polar surface area (TPSA) is 149 Å². The van der Waals surface area contributed by atoms with Crippen LogP contribution in [-0.2, 0) is 18.6 Å². The van der Waals surface area contributed by atoms with Crippen molar-refractivity contribution in [3.05, 3.63) is 30.1 Å². The molecular weight excluding hydrogens is 345 g/mol. The van der Waals surface area contributed by atoms with Crippen LogP contribution < -0.4 is 9.46 Å². The van der Waals surface area contributed by atoms with Crippen LogP contribution in [0.1, 0.15) is 23.5 Å². The number of hydrogen-bond donors (Lipinski definition) is 3. The van der Waals surface area contributed by atoms with Gasteiger partial charge in [-0.1, -0.05) is 0 Å². The molecule has 0 bridgehead atoms. The third-order valence-electron chi connectivity index (χ3n) is 3.37. The first-order valence-corrected chi connectivity index (χ1v) is 8.60. The molecule has 134 valence electrons. The summed E-state index contributed by atoms with van der Waals surface area (Å²) in [6.45, 7) is 1.20. The Morgan fingerprint density at radius 1 is 1.46 bits per heavy atom. The molecule has 1 aliphatic heterocycles. The van der Waals surface area contributed by atoms with E-state index in [-0.39, 0.29) is 12.2 Å². The second-order valence-corrected chi connectivity index (χ2v) is 6.27. The number of rotatable bonds is 6. The number of aliphatic hydroxyl groups excluding tert-OH is 2. The van der Waals surface area contributed by atoms with E-state index in [2.05, 4.69) is 4.52 Å². The van der Waals surface area contributed by atoms with Gasteiger partial charge in [0.1, 0.15) is 17.8 Å². The van der Waals surface area contributed by atoms with Gasteiger partial charge in [0.25, 0.3) is 14.1 Å². The molecule has 0 saturated carbocycles. The van der Waals surface area contributed by atoms with Gasteiger partial charge < -0.3 is 34.0 Å². The summed E-state index contributed by atoms with van der Waals surface area (Å²) in [6.07, 6.45) is -2.24. The smallest absolute Gasteiger partial charge is 0.344 e. The summed E-state index contributed by atoms with van der Waals surface area (Å²) in [5, 5.41) is 20.0. The average molecular weight is 363 g/mol. The highest BCUT2D eigenvalue weighted by Gasteiger charge is 2.48. The molecule has 5 atom stereocenters. The maximum absolute atomic E-state index is 11.7. The predicted octanol–water partition coefficient (Wildman–Crippen LogP) is -1.75. The van der Waals surface area contributed by atoms with Crippen LogP contribution in [0.5, 0.6) is 0 Å². The number of aliphatic hydroxyl groups is 2. The van der Waals surface area contributed by atoms with Gasteiger partial charge in [-0.2, -0.15) is 4.57 Å². The zero-order valence-electron chi connectivity index (χ0n) is 12.7. The Balaban J connectivity index is 2.13. The zero-order chi connectivity index (χ0) is 17.9. The summed E-state index contributed by atoms with van der Waals surface area (Å²) in [7, 11) is -4.98. The van der Waals surface area contributed by atoms with E-state index in [4.69, 9.17) is 14.4 Å². The maximum Gasteiger partial charge on any atom is 0.344 e. The van der Waals surface area contributed by atoms with Gasteiger partial charge in [-0.05, 0) is 13.0 Å². The molecular formula is C13H18NO9P. The Labute approximate surface area is 137 Å². The molecule has 1 aromatic rings. The summed E-state index contributed by atoms with van der Waals surface area (Å²) < 4.78 is 26.4. The molecule has 0 aliphatic carbocycles. The number of ether oxygens (including phenoxy) is 2. The summed E-state index contributed by atoms with van der Waals surface area (Å²) in [4.78, 5) is 30.9. The monoisotopic (exact) mass is 363 g/mol. The largest absolute Gasteiger partial charge is 0.756 e. The van der Waals surface area contributed by atoms with Gasteiger partial charge in [0.05, 0.1) is 13.2 Å². The summed E-state index contributed by atoms with van der Waals surface area (Å²) in [5.74, 6) is -0.563.